The maximum absolute atomic E-state index is 9.53. The van der Waals surface area contributed by atoms with Gasteiger partial charge >= 0.3 is 0 Å². The fraction of sp³-hybridized carbons (Fsp3) is 0. The van der Waals surface area contributed by atoms with Crippen molar-refractivity contribution in [3.63, 3.8) is 0 Å². The number of aromatic nitrogens is 2. The standard InChI is InChI=1S/C40H24N2OS/c1-2-10-25(11-3-1)30-17-9-20-34-36(30)38-39(43-34)37(41-24-42-38)29-15-7-13-27(23-29)26-12-6-14-28(22-26)31-18-8-19-33-32-16-4-5-21-35(32)44-40(31)33/h1-24H/i1D,2D,3D,4D,5D,6D,7D,8D,10D,11D,12D,13D,14D,15D,16D,18D,19D,21D,22D,23D. The maximum atomic E-state index is 9.53. The van der Waals surface area contributed by atoms with Crippen LogP contribution in [0.2, 0.25) is 0 Å². The van der Waals surface area contributed by atoms with Crippen molar-refractivity contribution in [3.8, 4) is 44.6 Å². The Morgan fingerprint density at radius 2 is 1.30 bits per heavy atom. The van der Waals surface area contributed by atoms with Crippen molar-refractivity contribution >= 4 is 53.6 Å². The summed E-state index contributed by atoms with van der Waals surface area (Å²) in [4.78, 5) is 8.66. The Hall–Kier alpha value is -5.58. The molecule has 0 amide bonds. The van der Waals surface area contributed by atoms with Crippen molar-refractivity contribution in [1.29, 1.82) is 0 Å². The predicted molar refractivity (Wildman–Crippen MR) is 184 cm³/mol. The van der Waals surface area contributed by atoms with E-state index in [1.807, 2.05) is 0 Å². The van der Waals surface area contributed by atoms with Gasteiger partial charge in [0.1, 0.15) is 23.1 Å². The molecule has 0 aliphatic rings. The van der Waals surface area contributed by atoms with Gasteiger partial charge in [-0.1, -0.05) is 115 Å². The Morgan fingerprint density at radius 3 is 2.18 bits per heavy atom. The summed E-state index contributed by atoms with van der Waals surface area (Å²) in [6.07, 6.45) is 1.04. The van der Waals surface area contributed by atoms with Crippen molar-refractivity contribution in [2.75, 3.05) is 0 Å². The predicted octanol–water partition coefficient (Wildman–Crippen LogP) is 11.4. The minimum atomic E-state index is -0.857. The van der Waals surface area contributed by atoms with E-state index in [0.717, 1.165) is 17.7 Å². The van der Waals surface area contributed by atoms with Gasteiger partial charge in [0.2, 0.25) is 0 Å². The molecular formula is C40H24N2OS. The molecular weight excluding hydrogens is 557 g/mol. The lowest BCUT2D eigenvalue weighted by Crippen LogP contribution is -1.88. The van der Waals surface area contributed by atoms with Gasteiger partial charge in [0, 0.05) is 25.7 Å². The van der Waals surface area contributed by atoms with Gasteiger partial charge in [-0.2, -0.15) is 0 Å². The highest BCUT2D eigenvalue weighted by Crippen LogP contribution is 2.42. The molecule has 9 rings (SSSR count). The number of nitrogens with zero attached hydrogens (tertiary/aromatic N) is 2. The van der Waals surface area contributed by atoms with Gasteiger partial charge in [-0.05, 0) is 57.6 Å². The van der Waals surface area contributed by atoms with E-state index in [1.165, 1.54) is 18.2 Å². The van der Waals surface area contributed by atoms with Crippen LogP contribution in [0, 0.1) is 0 Å². The molecule has 3 nitrogen and oxygen atoms in total. The van der Waals surface area contributed by atoms with E-state index >= 15 is 0 Å². The quantitative estimate of drug-likeness (QED) is 0.202. The molecule has 0 saturated carbocycles. The van der Waals surface area contributed by atoms with E-state index in [4.69, 9.17) is 29.1 Å². The second-order valence-corrected chi connectivity index (χ2v) is 10.5. The van der Waals surface area contributed by atoms with Gasteiger partial charge < -0.3 is 4.42 Å². The third kappa shape index (κ3) is 3.96. The highest BCUT2D eigenvalue weighted by molar-refractivity contribution is 7.26. The fourth-order valence-electron chi connectivity index (χ4n) is 5.08. The largest absolute Gasteiger partial charge is 0.452 e. The highest BCUT2D eigenvalue weighted by Gasteiger charge is 2.18. The SMILES string of the molecule is [2H]c1c([2H])c([2H])c(-c2cccc3oc4c(-c5c([2H])c([2H])c([2H])c(-c6c([2H])c([2H])c([2H])c(-c7c([2H])c([2H])c([2H])c8c7sc7c([2H])c([2H])c([2H])c([2H])c78)c6[2H])c5[2H])ncnc4c23)c([2H])c1[2H]. The number of benzene rings is 6. The van der Waals surface area contributed by atoms with Crippen LogP contribution in [0.4, 0.5) is 0 Å². The Bertz CT molecular complexity index is 3610. The molecule has 0 spiro atoms. The van der Waals surface area contributed by atoms with Crippen LogP contribution in [0.3, 0.4) is 0 Å². The molecule has 0 aliphatic carbocycles. The molecule has 0 unspecified atom stereocenters. The third-order valence-corrected chi connectivity index (χ3v) is 8.09. The first-order valence-electron chi connectivity index (χ1n) is 23.0. The van der Waals surface area contributed by atoms with Crippen LogP contribution in [0.5, 0.6) is 0 Å². The van der Waals surface area contributed by atoms with Crippen molar-refractivity contribution < 1.29 is 31.8 Å². The average molecular weight is 601 g/mol. The monoisotopic (exact) mass is 600 g/mol. The minimum Gasteiger partial charge on any atom is -0.452 e. The molecule has 44 heavy (non-hydrogen) atoms. The smallest absolute Gasteiger partial charge is 0.180 e. The first-order chi connectivity index (χ1) is 30.1. The number of hydrogen-bond acceptors (Lipinski definition) is 4. The fourth-order valence-corrected chi connectivity index (χ4v) is 6.15. The first-order valence-corrected chi connectivity index (χ1v) is 13.8. The van der Waals surface area contributed by atoms with Crippen LogP contribution in [0.25, 0.3) is 86.9 Å². The van der Waals surface area contributed by atoms with Crippen LogP contribution in [0.1, 0.15) is 27.4 Å². The van der Waals surface area contributed by atoms with Crippen molar-refractivity contribution in [3.05, 3.63) is 145 Å². The van der Waals surface area contributed by atoms with E-state index < -0.39 is 143 Å². The van der Waals surface area contributed by atoms with Crippen molar-refractivity contribution in [2.24, 2.45) is 0 Å². The summed E-state index contributed by atoms with van der Waals surface area (Å²) in [5.74, 6) is 0. The molecule has 0 radical (unpaired) electrons. The van der Waals surface area contributed by atoms with E-state index in [-0.39, 0.29) is 64.6 Å². The summed E-state index contributed by atoms with van der Waals surface area (Å²) in [5, 5.41) is -0.127. The molecule has 0 saturated heterocycles. The zero-order chi connectivity index (χ0) is 46.4. The molecule has 0 N–H and O–H groups in total. The van der Waals surface area contributed by atoms with E-state index in [2.05, 4.69) is 9.97 Å². The third-order valence-electron chi connectivity index (χ3n) is 6.97. The normalized spacial score (nSPS) is 18.0. The molecule has 6 aromatic carbocycles. The van der Waals surface area contributed by atoms with Gasteiger partial charge in [-0.3, -0.25) is 0 Å². The van der Waals surface area contributed by atoms with E-state index in [0.29, 0.717) is 0 Å². The number of furan rings is 1. The van der Waals surface area contributed by atoms with Crippen LogP contribution in [-0.4, -0.2) is 9.97 Å². The molecule has 206 valence electrons. The number of fused-ring (bicyclic) bond motifs is 6. The van der Waals surface area contributed by atoms with Gasteiger partial charge in [0.05, 0.1) is 32.8 Å². The molecule has 0 fully saturated rings. The molecule has 9 aromatic rings. The number of hydrogen-bond donors (Lipinski definition) is 0. The number of thiophene rings is 1. The van der Waals surface area contributed by atoms with E-state index in [1.54, 1.807) is 0 Å². The van der Waals surface area contributed by atoms with Crippen LogP contribution >= 0.6 is 11.3 Å². The van der Waals surface area contributed by atoms with Crippen molar-refractivity contribution in [2.45, 2.75) is 0 Å². The average Bonchev–Trinajstić information content (AvgIpc) is 3.87. The topological polar surface area (TPSA) is 38.9 Å². The van der Waals surface area contributed by atoms with Gasteiger partial charge in [0.25, 0.3) is 0 Å². The molecule has 0 aliphatic heterocycles. The molecule has 0 bridgehead atoms. The lowest BCUT2D eigenvalue weighted by Gasteiger charge is -2.09. The van der Waals surface area contributed by atoms with Crippen LogP contribution < -0.4 is 0 Å². The zero-order valence-electron chi connectivity index (χ0n) is 42.0. The van der Waals surface area contributed by atoms with Gasteiger partial charge in [-0.15, -0.1) is 11.3 Å². The first kappa shape index (κ1) is 12.2. The Morgan fingerprint density at radius 1 is 0.591 bits per heavy atom. The summed E-state index contributed by atoms with van der Waals surface area (Å²) in [7, 11) is 0. The Kier molecular flexibility index (Phi) is 2.77. The van der Waals surface area contributed by atoms with Crippen LogP contribution in [-0.2, 0) is 0 Å². The lowest BCUT2D eigenvalue weighted by atomic mass is 9.96. The van der Waals surface area contributed by atoms with Crippen molar-refractivity contribution in [1.82, 2.24) is 9.97 Å². The molecule has 3 heterocycles. The Balaban J connectivity index is 1.36. The lowest BCUT2D eigenvalue weighted by molar-refractivity contribution is 0.667. The molecule has 0 atom stereocenters. The second-order valence-electron chi connectivity index (χ2n) is 9.44. The summed E-state index contributed by atoms with van der Waals surface area (Å²) in [6, 6.07) is -8.90. The zero-order valence-corrected chi connectivity index (χ0v) is 22.8. The van der Waals surface area contributed by atoms with Crippen LogP contribution in [0.15, 0.2) is 150 Å². The van der Waals surface area contributed by atoms with E-state index in [9.17, 15) is 2.74 Å². The summed E-state index contributed by atoms with van der Waals surface area (Å²) in [5.41, 5.74) is -3.01. The minimum absolute atomic E-state index is 0.0157. The second kappa shape index (κ2) is 10.0. The highest BCUT2D eigenvalue weighted by atomic mass is 32.1. The molecule has 3 aromatic heterocycles. The Labute approximate surface area is 285 Å². The maximum Gasteiger partial charge on any atom is 0.180 e. The summed E-state index contributed by atoms with van der Waals surface area (Å²) < 4.78 is 181. The summed E-state index contributed by atoms with van der Waals surface area (Å²) in [6.45, 7) is 0. The summed E-state index contributed by atoms with van der Waals surface area (Å²) >= 11 is 0.719. The number of rotatable bonds is 4. The van der Waals surface area contributed by atoms with Gasteiger partial charge in [0.15, 0.2) is 5.58 Å². The molecule has 4 heteroatoms. The van der Waals surface area contributed by atoms with Gasteiger partial charge in [-0.25, -0.2) is 9.97 Å².